The number of halogens is 2. The second-order valence-electron chi connectivity index (χ2n) is 8.77. The van der Waals surface area contributed by atoms with Crippen molar-refractivity contribution in [1.29, 1.82) is 0 Å². The Labute approximate surface area is 241 Å². The molecular weight excluding hydrogens is 606 g/mol. The van der Waals surface area contributed by atoms with Crippen molar-refractivity contribution in [3.8, 4) is 0 Å². The minimum atomic E-state index is -0.873. The van der Waals surface area contributed by atoms with Crippen LogP contribution in [0.2, 0.25) is 5.02 Å². The molecule has 0 saturated carbocycles. The summed E-state index contributed by atoms with van der Waals surface area (Å²) in [5.41, 5.74) is 3.86. The summed E-state index contributed by atoms with van der Waals surface area (Å²) in [5, 5.41) is 20.9. The lowest BCUT2D eigenvalue weighted by atomic mass is 9.93. The number of carbonyl (C=O) groups is 2. The monoisotopic (exact) mass is 625 g/mol. The van der Waals surface area contributed by atoms with E-state index in [4.69, 9.17) is 11.6 Å². The molecule has 0 aliphatic carbocycles. The number of aliphatic hydroxyl groups excluding tert-OH is 1. The summed E-state index contributed by atoms with van der Waals surface area (Å²) in [5.74, 6) is -1.17. The minimum absolute atomic E-state index is 0.0160. The molecule has 4 aromatic rings. The van der Waals surface area contributed by atoms with E-state index >= 15 is 0 Å². The predicted molar refractivity (Wildman–Crippen MR) is 156 cm³/mol. The van der Waals surface area contributed by atoms with Gasteiger partial charge in [0, 0.05) is 20.8 Å². The van der Waals surface area contributed by atoms with Crippen molar-refractivity contribution in [2.75, 3.05) is 4.90 Å². The molecule has 1 N–H and O–H groups in total. The largest absolute Gasteiger partial charge is 0.507 e. The Bertz CT molecular complexity index is 1600. The average Bonchev–Trinajstić information content (AvgIpc) is 3.46. The molecule has 0 spiro atoms. The summed E-state index contributed by atoms with van der Waals surface area (Å²) in [7, 11) is 0. The summed E-state index contributed by atoms with van der Waals surface area (Å²) in [6, 6.07) is 19.6. The normalized spacial score (nSPS) is 16.8. The van der Waals surface area contributed by atoms with E-state index in [1.54, 1.807) is 0 Å². The molecule has 1 amide bonds. The molecule has 3 aromatic carbocycles. The Balaban J connectivity index is 1.58. The van der Waals surface area contributed by atoms with Gasteiger partial charge in [-0.1, -0.05) is 98.7 Å². The van der Waals surface area contributed by atoms with Crippen molar-refractivity contribution in [3.63, 3.8) is 0 Å². The molecule has 1 unspecified atom stereocenters. The zero-order valence-corrected chi connectivity index (χ0v) is 24.3. The fraction of sp³-hybridized carbons (Fsp3) is 0.143. The number of thioether (sulfide) groups is 1. The molecule has 1 aliphatic rings. The first-order valence-electron chi connectivity index (χ1n) is 11.6. The summed E-state index contributed by atoms with van der Waals surface area (Å²) < 4.78 is 1.41. The van der Waals surface area contributed by atoms with Crippen LogP contribution >= 0.6 is 50.6 Å². The van der Waals surface area contributed by atoms with E-state index in [1.807, 2.05) is 80.6 Å². The van der Waals surface area contributed by atoms with Crippen LogP contribution in [-0.2, 0) is 15.3 Å². The standard InChI is InChI=1S/C28H21BrClN3O3S2/c1-15-10-11-16(2)20(12-15)24(34)22-23(17-7-5-8-19(29)13-17)33(26(36)25(22)35)27-31-32-28(38-27)37-14-18-6-3-4-9-21(18)30/h3-13,23,34H,14H2,1-2H3/b24-22+. The van der Waals surface area contributed by atoms with Gasteiger partial charge in [0.05, 0.1) is 11.6 Å². The number of aryl methyl sites for hydroxylation is 2. The van der Waals surface area contributed by atoms with Crippen molar-refractivity contribution in [3.05, 3.63) is 110 Å². The van der Waals surface area contributed by atoms with Gasteiger partial charge in [-0.3, -0.25) is 14.5 Å². The van der Waals surface area contributed by atoms with Gasteiger partial charge in [-0.05, 0) is 54.8 Å². The quantitative estimate of drug-likeness (QED) is 0.0785. The fourth-order valence-electron chi connectivity index (χ4n) is 4.27. The first kappa shape index (κ1) is 26.6. The van der Waals surface area contributed by atoms with Crippen molar-refractivity contribution in [2.45, 2.75) is 30.0 Å². The molecule has 10 heteroatoms. The predicted octanol–water partition coefficient (Wildman–Crippen LogP) is 7.49. The number of anilines is 1. The molecule has 1 aromatic heterocycles. The third-order valence-corrected chi connectivity index (χ3v) is 9.13. The lowest BCUT2D eigenvalue weighted by Gasteiger charge is -2.23. The highest BCUT2D eigenvalue weighted by atomic mass is 79.9. The van der Waals surface area contributed by atoms with Crippen LogP contribution in [0.25, 0.3) is 5.76 Å². The summed E-state index contributed by atoms with van der Waals surface area (Å²) in [6.45, 7) is 3.76. The first-order valence-corrected chi connectivity index (χ1v) is 14.6. The number of hydrogen-bond acceptors (Lipinski definition) is 7. The molecule has 38 heavy (non-hydrogen) atoms. The van der Waals surface area contributed by atoms with E-state index in [2.05, 4.69) is 26.1 Å². The molecule has 0 radical (unpaired) electrons. The van der Waals surface area contributed by atoms with Crippen LogP contribution in [0.4, 0.5) is 5.13 Å². The van der Waals surface area contributed by atoms with E-state index in [0.717, 1.165) is 21.2 Å². The van der Waals surface area contributed by atoms with Crippen molar-refractivity contribution in [2.24, 2.45) is 0 Å². The van der Waals surface area contributed by atoms with Gasteiger partial charge in [-0.15, -0.1) is 10.2 Å². The average molecular weight is 627 g/mol. The third kappa shape index (κ3) is 5.16. The highest BCUT2D eigenvalue weighted by molar-refractivity contribution is 9.10. The van der Waals surface area contributed by atoms with Gasteiger partial charge < -0.3 is 5.11 Å². The lowest BCUT2D eigenvalue weighted by Crippen LogP contribution is -2.29. The van der Waals surface area contributed by atoms with Crippen LogP contribution in [-0.4, -0.2) is 27.0 Å². The van der Waals surface area contributed by atoms with E-state index in [9.17, 15) is 14.7 Å². The Morgan fingerprint density at radius 2 is 1.87 bits per heavy atom. The second-order valence-corrected chi connectivity index (χ2v) is 12.3. The Kier molecular flexibility index (Phi) is 7.72. The smallest absolute Gasteiger partial charge is 0.301 e. The van der Waals surface area contributed by atoms with Crippen molar-refractivity contribution in [1.82, 2.24) is 10.2 Å². The highest BCUT2D eigenvalue weighted by Crippen LogP contribution is 2.44. The number of amides is 1. The molecular formula is C28H21BrClN3O3S2. The van der Waals surface area contributed by atoms with E-state index in [-0.39, 0.29) is 16.5 Å². The van der Waals surface area contributed by atoms with Gasteiger partial charge >= 0.3 is 5.91 Å². The molecule has 1 atom stereocenters. The third-order valence-electron chi connectivity index (χ3n) is 6.17. The number of hydrogen-bond donors (Lipinski definition) is 1. The number of Topliss-reactive ketones (excluding diaryl/α,β-unsaturated/α-hetero) is 1. The number of benzene rings is 3. The number of nitrogens with zero attached hydrogens (tertiary/aromatic N) is 3. The molecule has 1 saturated heterocycles. The molecule has 1 fully saturated rings. The van der Waals surface area contributed by atoms with Crippen LogP contribution in [0.1, 0.15) is 33.9 Å². The van der Waals surface area contributed by atoms with Crippen molar-refractivity contribution >= 4 is 73.2 Å². The van der Waals surface area contributed by atoms with Crippen LogP contribution in [0.5, 0.6) is 0 Å². The minimum Gasteiger partial charge on any atom is -0.507 e. The second kappa shape index (κ2) is 11.0. The van der Waals surface area contributed by atoms with Gasteiger partial charge in [0.25, 0.3) is 5.78 Å². The summed E-state index contributed by atoms with van der Waals surface area (Å²) in [6.07, 6.45) is 0. The van der Waals surface area contributed by atoms with Crippen molar-refractivity contribution < 1.29 is 14.7 Å². The SMILES string of the molecule is Cc1ccc(C)c(/C(O)=C2\C(=O)C(=O)N(c3nnc(SCc4ccccc4Cl)s3)C2c2cccc(Br)c2)c1. The van der Waals surface area contributed by atoms with Gasteiger partial charge in [0.1, 0.15) is 5.76 Å². The van der Waals surface area contributed by atoms with Gasteiger partial charge in [-0.25, -0.2) is 0 Å². The number of ketones is 1. The van der Waals surface area contributed by atoms with E-state index < -0.39 is 17.7 Å². The molecule has 0 bridgehead atoms. The maximum Gasteiger partial charge on any atom is 0.301 e. The zero-order chi connectivity index (χ0) is 27.0. The maximum absolute atomic E-state index is 13.4. The fourth-order valence-corrected chi connectivity index (χ4v) is 6.84. The number of rotatable bonds is 6. The maximum atomic E-state index is 13.4. The summed E-state index contributed by atoms with van der Waals surface area (Å²) in [4.78, 5) is 28.2. The summed E-state index contributed by atoms with van der Waals surface area (Å²) >= 11 is 12.4. The highest BCUT2D eigenvalue weighted by Gasteiger charge is 2.48. The Morgan fingerprint density at radius 1 is 1.08 bits per heavy atom. The zero-order valence-electron chi connectivity index (χ0n) is 20.3. The number of carbonyl (C=O) groups excluding carboxylic acids is 2. The van der Waals surface area contributed by atoms with Crippen LogP contribution < -0.4 is 4.90 Å². The molecule has 2 heterocycles. The van der Waals surface area contributed by atoms with Gasteiger partial charge in [0.2, 0.25) is 5.13 Å². The topological polar surface area (TPSA) is 83.4 Å². The Morgan fingerprint density at radius 3 is 2.63 bits per heavy atom. The Hall–Kier alpha value is -2.98. The van der Waals surface area contributed by atoms with Crippen LogP contribution in [0.3, 0.4) is 0 Å². The van der Waals surface area contributed by atoms with E-state index in [0.29, 0.717) is 26.2 Å². The number of aliphatic hydroxyl groups is 1. The van der Waals surface area contributed by atoms with Crippen LogP contribution in [0, 0.1) is 13.8 Å². The van der Waals surface area contributed by atoms with Gasteiger partial charge in [-0.2, -0.15) is 0 Å². The van der Waals surface area contributed by atoms with Gasteiger partial charge in [0.15, 0.2) is 4.34 Å². The molecule has 6 nitrogen and oxygen atoms in total. The number of aromatic nitrogens is 2. The van der Waals surface area contributed by atoms with Crippen LogP contribution in [0.15, 0.2) is 81.1 Å². The first-order chi connectivity index (χ1) is 18.2. The molecule has 5 rings (SSSR count). The van der Waals surface area contributed by atoms with E-state index in [1.165, 1.54) is 28.0 Å². The lowest BCUT2D eigenvalue weighted by molar-refractivity contribution is -0.132. The molecule has 192 valence electrons. The molecule has 1 aliphatic heterocycles.